The van der Waals surface area contributed by atoms with E-state index in [1.165, 1.54) is 0 Å². The summed E-state index contributed by atoms with van der Waals surface area (Å²) >= 11 is 1.68. The van der Waals surface area contributed by atoms with Crippen LogP contribution in [-0.2, 0) is 14.3 Å². The molecule has 17 heavy (non-hydrogen) atoms. The van der Waals surface area contributed by atoms with E-state index in [-0.39, 0.29) is 24.4 Å². The molecule has 0 aliphatic carbocycles. The number of thioether (sulfide) groups is 1. The molecule has 6 nitrogen and oxygen atoms in total. The standard InChI is InChI=1S/C10H16N2O4S/c13-9(14)3-7-4-16-2-1-12(7)10(15)8-5-17-6-11-8/h7-8,11H,1-6H2,(H,13,14). The van der Waals surface area contributed by atoms with Crippen molar-refractivity contribution in [3.8, 4) is 0 Å². The number of morpholine rings is 1. The minimum absolute atomic E-state index is 0.00421. The van der Waals surface area contributed by atoms with Crippen LogP contribution in [0.4, 0.5) is 0 Å². The van der Waals surface area contributed by atoms with E-state index < -0.39 is 5.97 Å². The number of nitrogens with zero attached hydrogens (tertiary/aromatic N) is 1. The minimum Gasteiger partial charge on any atom is -0.481 e. The van der Waals surface area contributed by atoms with Crippen LogP contribution in [0.5, 0.6) is 0 Å². The molecule has 0 spiro atoms. The number of ether oxygens (including phenoxy) is 1. The van der Waals surface area contributed by atoms with Gasteiger partial charge in [-0.25, -0.2) is 0 Å². The zero-order valence-electron chi connectivity index (χ0n) is 9.42. The maximum absolute atomic E-state index is 12.2. The number of hydrogen-bond acceptors (Lipinski definition) is 5. The Morgan fingerprint density at radius 2 is 2.35 bits per heavy atom. The fourth-order valence-electron chi connectivity index (χ4n) is 2.07. The van der Waals surface area contributed by atoms with Gasteiger partial charge in [0.15, 0.2) is 0 Å². The predicted octanol–water partition coefficient (Wildman–Crippen LogP) is -0.649. The van der Waals surface area contributed by atoms with E-state index in [2.05, 4.69) is 5.32 Å². The molecule has 7 heteroatoms. The maximum Gasteiger partial charge on any atom is 0.305 e. The van der Waals surface area contributed by atoms with E-state index >= 15 is 0 Å². The summed E-state index contributed by atoms with van der Waals surface area (Å²) in [6, 6.07) is -0.504. The molecule has 2 heterocycles. The number of carbonyl (C=O) groups is 2. The molecular formula is C10H16N2O4S. The molecule has 0 aromatic rings. The topological polar surface area (TPSA) is 78.9 Å². The first-order chi connectivity index (χ1) is 8.18. The van der Waals surface area contributed by atoms with Crippen molar-refractivity contribution in [1.29, 1.82) is 0 Å². The zero-order valence-corrected chi connectivity index (χ0v) is 10.2. The summed E-state index contributed by atoms with van der Waals surface area (Å²) in [7, 11) is 0. The van der Waals surface area contributed by atoms with E-state index in [4.69, 9.17) is 9.84 Å². The second kappa shape index (κ2) is 5.70. The molecule has 2 fully saturated rings. The van der Waals surface area contributed by atoms with Crippen LogP contribution in [0.1, 0.15) is 6.42 Å². The molecule has 2 aliphatic heterocycles. The Morgan fingerprint density at radius 3 is 3.00 bits per heavy atom. The van der Waals surface area contributed by atoms with Crippen molar-refractivity contribution in [2.45, 2.75) is 18.5 Å². The van der Waals surface area contributed by atoms with Crippen molar-refractivity contribution >= 4 is 23.6 Å². The second-order valence-corrected chi connectivity index (χ2v) is 5.16. The van der Waals surface area contributed by atoms with Crippen LogP contribution in [0.3, 0.4) is 0 Å². The summed E-state index contributed by atoms with van der Waals surface area (Å²) in [5, 5.41) is 11.9. The summed E-state index contributed by atoms with van der Waals surface area (Å²) < 4.78 is 5.24. The Hall–Kier alpha value is -0.790. The van der Waals surface area contributed by atoms with E-state index in [1.807, 2.05) is 0 Å². The highest BCUT2D eigenvalue weighted by atomic mass is 32.2. The Bertz CT molecular complexity index is 307. The average molecular weight is 260 g/mol. The molecule has 0 aromatic heterocycles. The molecule has 2 rings (SSSR count). The molecule has 1 amide bonds. The Labute approximate surface area is 104 Å². The van der Waals surface area contributed by atoms with Crippen molar-refractivity contribution in [2.24, 2.45) is 0 Å². The smallest absolute Gasteiger partial charge is 0.305 e. The lowest BCUT2D eigenvalue weighted by molar-refractivity contribution is -0.147. The summed E-state index contributed by atoms with van der Waals surface area (Å²) in [4.78, 5) is 24.6. The van der Waals surface area contributed by atoms with Crippen LogP contribution in [0, 0.1) is 0 Å². The van der Waals surface area contributed by atoms with Crippen LogP contribution >= 0.6 is 11.8 Å². The molecule has 2 unspecified atom stereocenters. The highest BCUT2D eigenvalue weighted by Gasteiger charge is 2.34. The number of rotatable bonds is 3. The fraction of sp³-hybridized carbons (Fsp3) is 0.800. The van der Waals surface area contributed by atoms with Gasteiger partial charge in [-0.05, 0) is 0 Å². The van der Waals surface area contributed by atoms with Gasteiger partial charge in [0, 0.05) is 18.2 Å². The first-order valence-corrected chi connectivity index (χ1v) is 6.75. The summed E-state index contributed by atoms with van der Waals surface area (Å²) in [6.45, 7) is 1.29. The zero-order chi connectivity index (χ0) is 12.3. The third kappa shape index (κ3) is 3.11. The number of carbonyl (C=O) groups excluding carboxylic acids is 1. The second-order valence-electron chi connectivity index (χ2n) is 4.13. The number of amides is 1. The molecule has 2 saturated heterocycles. The maximum atomic E-state index is 12.2. The van der Waals surface area contributed by atoms with Gasteiger partial charge in [-0.15, -0.1) is 11.8 Å². The highest BCUT2D eigenvalue weighted by Crippen LogP contribution is 2.17. The quantitative estimate of drug-likeness (QED) is 0.702. The monoisotopic (exact) mass is 260 g/mol. The third-order valence-electron chi connectivity index (χ3n) is 2.94. The summed E-state index contributed by atoms with van der Waals surface area (Å²) in [5.74, 6) is 0.650. The first-order valence-electron chi connectivity index (χ1n) is 5.59. The molecule has 0 radical (unpaired) electrons. The lowest BCUT2D eigenvalue weighted by atomic mass is 10.1. The van der Waals surface area contributed by atoms with Crippen LogP contribution < -0.4 is 5.32 Å². The predicted molar refractivity (Wildman–Crippen MR) is 62.8 cm³/mol. The minimum atomic E-state index is -0.896. The van der Waals surface area contributed by atoms with Crippen molar-refractivity contribution in [3.63, 3.8) is 0 Å². The number of aliphatic carboxylic acids is 1. The lowest BCUT2D eigenvalue weighted by Crippen LogP contribution is -2.55. The van der Waals surface area contributed by atoms with Crippen molar-refractivity contribution in [2.75, 3.05) is 31.4 Å². The Balaban J connectivity index is 1.99. The number of carboxylic acid groups (broad SMARTS) is 1. The molecular weight excluding hydrogens is 244 g/mol. The van der Waals surface area contributed by atoms with E-state index in [0.29, 0.717) is 19.8 Å². The lowest BCUT2D eigenvalue weighted by Gasteiger charge is -2.36. The van der Waals surface area contributed by atoms with Gasteiger partial charge in [-0.3, -0.25) is 14.9 Å². The molecule has 0 saturated carbocycles. The van der Waals surface area contributed by atoms with E-state index in [1.54, 1.807) is 16.7 Å². The Morgan fingerprint density at radius 1 is 1.53 bits per heavy atom. The molecule has 0 aromatic carbocycles. The van der Waals surface area contributed by atoms with Gasteiger partial charge in [-0.2, -0.15) is 0 Å². The largest absolute Gasteiger partial charge is 0.481 e. The third-order valence-corrected chi connectivity index (χ3v) is 3.88. The number of hydrogen-bond donors (Lipinski definition) is 2. The number of nitrogens with one attached hydrogen (secondary N) is 1. The van der Waals surface area contributed by atoms with Gasteiger partial charge in [0.05, 0.1) is 31.7 Å². The van der Waals surface area contributed by atoms with Crippen molar-refractivity contribution < 1.29 is 19.4 Å². The van der Waals surface area contributed by atoms with Crippen LogP contribution in [-0.4, -0.2) is 65.4 Å². The molecule has 2 atom stereocenters. The Kier molecular flexibility index (Phi) is 4.25. The van der Waals surface area contributed by atoms with Gasteiger partial charge in [0.25, 0.3) is 0 Å². The summed E-state index contributed by atoms with van der Waals surface area (Å²) in [5.41, 5.74) is 0. The van der Waals surface area contributed by atoms with Gasteiger partial charge < -0.3 is 14.7 Å². The normalized spacial score (nSPS) is 29.3. The van der Waals surface area contributed by atoms with Crippen LogP contribution in [0.25, 0.3) is 0 Å². The van der Waals surface area contributed by atoms with Crippen LogP contribution in [0.2, 0.25) is 0 Å². The van der Waals surface area contributed by atoms with Gasteiger partial charge >= 0.3 is 5.97 Å². The molecule has 2 N–H and O–H groups in total. The SMILES string of the molecule is O=C(O)CC1COCCN1C(=O)C1CSCN1. The summed E-state index contributed by atoms with van der Waals surface area (Å²) in [6.07, 6.45) is -0.0500. The molecule has 96 valence electrons. The fourth-order valence-corrected chi connectivity index (χ4v) is 3.00. The van der Waals surface area contributed by atoms with Crippen molar-refractivity contribution in [1.82, 2.24) is 10.2 Å². The first kappa shape index (κ1) is 12.7. The van der Waals surface area contributed by atoms with Gasteiger partial charge in [0.2, 0.25) is 5.91 Å². The van der Waals surface area contributed by atoms with Gasteiger partial charge in [-0.1, -0.05) is 0 Å². The highest BCUT2D eigenvalue weighted by molar-refractivity contribution is 7.99. The van der Waals surface area contributed by atoms with Crippen LogP contribution in [0.15, 0.2) is 0 Å². The molecule has 0 bridgehead atoms. The number of carboxylic acids is 1. The van der Waals surface area contributed by atoms with E-state index in [0.717, 1.165) is 11.6 Å². The van der Waals surface area contributed by atoms with E-state index in [9.17, 15) is 9.59 Å². The van der Waals surface area contributed by atoms with Crippen molar-refractivity contribution in [3.05, 3.63) is 0 Å². The average Bonchev–Trinajstić information content (AvgIpc) is 2.81. The molecule has 2 aliphatic rings. The van der Waals surface area contributed by atoms with Gasteiger partial charge in [0.1, 0.15) is 0 Å².